The Labute approximate surface area is 258 Å². The fourth-order valence-electron chi connectivity index (χ4n) is 7.66. The summed E-state index contributed by atoms with van der Waals surface area (Å²) in [6.07, 6.45) is 15.1. The van der Waals surface area contributed by atoms with E-state index in [0.717, 1.165) is 19.3 Å². The molecule has 0 aromatic heterocycles. The highest BCUT2D eigenvalue weighted by Gasteiger charge is 2.37. The van der Waals surface area contributed by atoms with Crippen LogP contribution in [-0.4, -0.2) is 0 Å². The summed E-state index contributed by atoms with van der Waals surface area (Å²) < 4.78 is 0. The van der Waals surface area contributed by atoms with E-state index in [4.69, 9.17) is 0 Å². The molecule has 214 valence electrons. The normalized spacial score (nSPS) is 19.1. The predicted octanol–water partition coefficient (Wildman–Crippen LogP) is 12.0. The number of hydrogen-bond donors (Lipinski definition) is 0. The molecule has 0 saturated heterocycles. The summed E-state index contributed by atoms with van der Waals surface area (Å²) in [7, 11) is 0. The average molecular weight is 559 g/mol. The van der Waals surface area contributed by atoms with E-state index < -0.39 is 0 Å². The van der Waals surface area contributed by atoms with Crippen LogP contribution in [0.15, 0.2) is 120 Å². The molecule has 0 fully saturated rings. The minimum absolute atomic E-state index is 0.290. The van der Waals surface area contributed by atoms with Gasteiger partial charge < -0.3 is 0 Å². The predicted molar refractivity (Wildman–Crippen MR) is 185 cm³/mol. The Bertz CT molecular complexity index is 1850. The van der Waals surface area contributed by atoms with Gasteiger partial charge in [0, 0.05) is 11.8 Å². The maximum absolute atomic E-state index is 2.50. The first-order valence-electron chi connectivity index (χ1n) is 16.1. The summed E-state index contributed by atoms with van der Waals surface area (Å²) in [5.41, 5.74) is 19.7. The summed E-state index contributed by atoms with van der Waals surface area (Å²) in [6, 6.07) is 30.5. The van der Waals surface area contributed by atoms with Crippen molar-refractivity contribution in [2.45, 2.75) is 71.6 Å². The van der Waals surface area contributed by atoms with Crippen molar-refractivity contribution >= 4 is 5.57 Å². The molecule has 3 aliphatic rings. The first-order chi connectivity index (χ1) is 20.9. The minimum Gasteiger partial charge on any atom is -0.0836 e. The quantitative estimate of drug-likeness (QED) is 0.228. The van der Waals surface area contributed by atoms with E-state index in [2.05, 4.69) is 144 Å². The van der Waals surface area contributed by atoms with Crippen molar-refractivity contribution in [1.29, 1.82) is 0 Å². The van der Waals surface area contributed by atoms with Crippen molar-refractivity contribution in [1.82, 2.24) is 0 Å². The van der Waals surface area contributed by atoms with Crippen molar-refractivity contribution in [3.8, 4) is 22.3 Å². The van der Waals surface area contributed by atoms with Crippen LogP contribution in [0.5, 0.6) is 0 Å². The lowest BCUT2D eigenvalue weighted by Crippen LogP contribution is -2.04. The summed E-state index contributed by atoms with van der Waals surface area (Å²) in [5.74, 6) is 1.21. The van der Waals surface area contributed by atoms with Crippen LogP contribution < -0.4 is 0 Å². The molecule has 0 aliphatic heterocycles. The van der Waals surface area contributed by atoms with Gasteiger partial charge in [-0.05, 0) is 125 Å². The molecule has 0 heterocycles. The van der Waals surface area contributed by atoms with Crippen molar-refractivity contribution in [2.75, 3.05) is 0 Å². The molecule has 4 aromatic carbocycles. The average Bonchev–Trinajstić information content (AvgIpc) is 3.36. The monoisotopic (exact) mass is 558 g/mol. The second kappa shape index (κ2) is 11.2. The molecule has 0 radical (unpaired) electrons. The molecule has 2 atom stereocenters. The molecule has 0 saturated carbocycles. The third-order valence-electron chi connectivity index (χ3n) is 10.1. The van der Waals surface area contributed by atoms with Crippen LogP contribution in [-0.2, 0) is 0 Å². The third-order valence-corrected chi connectivity index (χ3v) is 10.1. The zero-order chi connectivity index (χ0) is 29.7. The van der Waals surface area contributed by atoms with E-state index in [0.29, 0.717) is 17.8 Å². The molecule has 0 nitrogen and oxygen atoms in total. The molecule has 3 aliphatic carbocycles. The van der Waals surface area contributed by atoms with Gasteiger partial charge in [-0.25, -0.2) is 0 Å². The zero-order valence-corrected chi connectivity index (χ0v) is 26.2. The fourth-order valence-corrected chi connectivity index (χ4v) is 7.66. The molecule has 7 rings (SSSR count). The summed E-state index contributed by atoms with van der Waals surface area (Å²) in [4.78, 5) is 0. The van der Waals surface area contributed by atoms with E-state index in [1.165, 1.54) is 72.3 Å². The fraction of sp³-hybridized carbons (Fsp3) is 0.256. The molecule has 0 bridgehead atoms. The van der Waals surface area contributed by atoms with E-state index in [9.17, 15) is 0 Å². The molecular formula is C43H42. The molecule has 0 spiro atoms. The maximum atomic E-state index is 2.50. The number of fused-ring (bicyclic) bond motifs is 3. The van der Waals surface area contributed by atoms with Crippen LogP contribution in [0.2, 0.25) is 0 Å². The topological polar surface area (TPSA) is 0 Å². The van der Waals surface area contributed by atoms with E-state index in [1.54, 1.807) is 5.57 Å². The second-order valence-electron chi connectivity index (χ2n) is 13.1. The van der Waals surface area contributed by atoms with Gasteiger partial charge in [-0.1, -0.05) is 122 Å². The largest absolute Gasteiger partial charge is 0.0836 e. The second-order valence-corrected chi connectivity index (χ2v) is 13.1. The van der Waals surface area contributed by atoms with Crippen LogP contribution in [0.4, 0.5) is 0 Å². The van der Waals surface area contributed by atoms with Gasteiger partial charge in [0.15, 0.2) is 0 Å². The van der Waals surface area contributed by atoms with Gasteiger partial charge in [-0.2, -0.15) is 0 Å². The summed E-state index contributed by atoms with van der Waals surface area (Å²) >= 11 is 0. The third kappa shape index (κ3) is 4.88. The van der Waals surface area contributed by atoms with Gasteiger partial charge in [-0.3, -0.25) is 0 Å². The van der Waals surface area contributed by atoms with E-state index in [1.807, 2.05) is 0 Å². The molecule has 2 unspecified atom stereocenters. The van der Waals surface area contributed by atoms with Crippen molar-refractivity contribution < 1.29 is 0 Å². The van der Waals surface area contributed by atoms with Crippen LogP contribution in [0, 0.1) is 13.8 Å². The number of hydrogen-bond acceptors (Lipinski definition) is 0. The van der Waals surface area contributed by atoms with Crippen LogP contribution in [0.1, 0.15) is 96.7 Å². The molecule has 4 aromatic rings. The highest BCUT2D eigenvalue weighted by Crippen LogP contribution is 2.53. The Morgan fingerprint density at radius 3 is 2.30 bits per heavy atom. The first-order valence-corrected chi connectivity index (χ1v) is 16.1. The Morgan fingerprint density at radius 2 is 1.47 bits per heavy atom. The minimum atomic E-state index is 0.290. The SMILES string of the molecule is CC1=C(c2cc(-c3ccc4c(c3)C3CC=CC=C3C4c3ccc(C)c(-c4ccccc4C(C)C)c3)ccc2C)C=CCC1. The van der Waals surface area contributed by atoms with Crippen LogP contribution in [0.3, 0.4) is 0 Å². The molecule has 0 amide bonds. The molecule has 0 heteroatoms. The van der Waals surface area contributed by atoms with Gasteiger partial charge in [0.1, 0.15) is 0 Å². The number of aryl methyl sites for hydroxylation is 2. The molecule has 0 N–H and O–H groups in total. The zero-order valence-electron chi connectivity index (χ0n) is 26.2. The van der Waals surface area contributed by atoms with Gasteiger partial charge in [0.25, 0.3) is 0 Å². The van der Waals surface area contributed by atoms with Crippen LogP contribution in [0.25, 0.3) is 27.8 Å². The standard InChI is InChI=1S/C43H42/c1-27(2)34-13-8-9-15-36(34)41-26-33(21-19-30(41)5)43-38-17-11-10-16-37(38)42-25-32(22-23-39(42)43)31-20-18-29(4)40(24-31)35-14-7-6-12-28(35)3/h7-11,13-15,17-27,37,43H,6,12,16H2,1-5H3. The number of allylic oxidation sites excluding steroid dienone is 8. The number of benzene rings is 4. The Balaban J connectivity index is 1.33. The van der Waals surface area contributed by atoms with Crippen molar-refractivity contribution in [2.24, 2.45) is 0 Å². The highest BCUT2D eigenvalue weighted by molar-refractivity contribution is 5.82. The maximum Gasteiger partial charge on any atom is 0.0311 e. The van der Waals surface area contributed by atoms with E-state index in [-0.39, 0.29) is 0 Å². The van der Waals surface area contributed by atoms with Gasteiger partial charge in [0.2, 0.25) is 0 Å². The van der Waals surface area contributed by atoms with Crippen LogP contribution >= 0.6 is 0 Å². The highest BCUT2D eigenvalue weighted by atomic mass is 14.4. The van der Waals surface area contributed by atoms with Gasteiger partial charge in [0.05, 0.1) is 0 Å². The summed E-state index contributed by atoms with van der Waals surface area (Å²) in [6.45, 7) is 11.4. The lowest BCUT2D eigenvalue weighted by Gasteiger charge is -2.21. The molecular weight excluding hydrogens is 516 g/mol. The first kappa shape index (κ1) is 27.7. The Morgan fingerprint density at radius 1 is 0.698 bits per heavy atom. The smallest absolute Gasteiger partial charge is 0.0311 e. The lowest BCUT2D eigenvalue weighted by atomic mass is 9.82. The van der Waals surface area contributed by atoms with Gasteiger partial charge in [-0.15, -0.1) is 0 Å². The van der Waals surface area contributed by atoms with Crippen molar-refractivity contribution in [3.05, 3.63) is 159 Å². The Hall–Kier alpha value is -4.16. The Kier molecular flexibility index (Phi) is 7.18. The van der Waals surface area contributed by atoms with E-state index >= 15 is 0 Å². The van der Waals surface area contributed by atoms with Crippen molar-refractivity contribution in [3.63, 3.8) is 0 Å². The molecule has 43 heavy (non-hydrogen) atoms. The lowest BCUT2D eigenvalue weighted by molar-refractivity contribution is 0.795. The summed E-state index contributed by atoms with van der Waals surface area (Å²) in [5, 5.41) is 0. The van der Waals surface area contributed by atoms with Gasteiger partial charge >= 0.3 is 0 Å². The number of rotatable bonds is 5.